The van der Waals surface area contributed by atoms with E-state index in [2.05, 4.69) is 15.2 Å². The van der Waals surface area contributed by atoms with Crippen LogP contribution in [0.1, 0.15) is 18.8 Å². The summed E-state index contributed by atoms with van der Waals surface area (Å²) in [6, 6.07) is 6.60. The Morgan fingerprint density at radius 2 is 2.27 bits per heavy atom. The van der Waals surface area contributed by atoms with E-state index in [1.165, 1.54) is 0 Å². The Morgan fingerprint density at radius 3 is 2.87 bits per heavy atom. The second-order valence-corrected chi connectivity index (χ2v) is 3.38. The van der Waals surface area contributed by atoms with Crippen LogP contribution in [0.3, 0.4) is 0 Å². The topological polar surface area (TPSA) is 87.8 Å². The summed E-state index contributed by atoms with van der Waals surface area (Å²) in [5.74, 6) is 1.37. The van der Waals surface area contributed by atoms with Crippen molar-refractivity contribution in [3.63, 3.8) is 0 Å². The van der Waals surface area contributed by atoms with Crippen LogP contribution in [-0.2, 0) is 0 Å². The molecule has 2 aromatic rings. The van der Waals surface area contributed by atoms with E-state index in [9.17, 15) is 5.11 Å². The average molecular weight is 204 g/mol. The zero-order chi connectivity index (χ0) is 10.8. The number of nitrogens with zero attached hydrogens (tertiary/aromatic N) is 2. The number of H-pyrrole nitrogens is 1. The molecule has 0 aliphatic heterocycles. The molecule has 5 nitrogen and oxygen atoms in total. The van der Waals surface area contributed by atoms with Gasteiger partial charge in [0.2, 0.25) is 0 Å². The number of benzene rings is 1. The molecule has 0 bridgehead atoms. The van der Waals surface area contributed by atoms with Gasteiger partial charge in [-0.25, -0.2) is 4.98 Å². The highest BCUT2D eigenvalue weighted by Gasteiger charge is 2.08. The molecule has 15 heavy (non-hydrogen) atoms. The minimum atomic E-state index is -0.177. The molecule has 1 aromatic carbocycles. The van der Waals surface area contributed by atoms with Crippen LogP contribution in [0.15, 0.2) is 24.3 Å². The number of hydrogen-bond donors (Lipinski definition) is 3. The van der Waals surface area contributed by atoms with Crippen molar-refractivity contribution in [1.29, 1.82) is 0 Å². The van der Waals surface area contributed by atoms with Gasteiger partial charge < -0.3 is 10.8 Å². The van der Waals surface area contributed by atoms with Crippen molar-refractivity contribution in [2.24, 2.45) is 5.73 Å². The lowest BCUT2D eigenvalue weighted by Crippen LogP contribution is -2.06. The highest BCUT2D eigenvalue weighted by Crippen LogP contribution is 2.20. The maximum Gasteiger partial charge on any atom is 0.181 e. The van der Waals surface area contributed by atoms with E-state index < -0.39 is 0 Å². The normalized spacial score (nSPS) is 12.7. The average Bonchev–Trinajstić information content (AvgIpc) is 2.66. The second kappa shape index (κ2) is 3.70. The number of aromatic nitrogens is 3. The van der Waals surface area contributed by atoms with E-state index in [0.717, 1.165) is 5.56 Å². The number of nitrogens with two attached hydrogens (primary N) is 1. The molecule has 0 amide bonds. The van der Waals surface area contributed by atoms with Gasteiger partial charge in [-0.15, -0.1) is 0 Å². The lowest BCUT2D eigenvalue weighted by molar-refractivity contribution is 0.475. The van der Waals surface area contributed by atoms with Gasteiger partial charge in [0.15, 0.2) is 5.82 Å². The fourth-order valence-corrected chi connectivity index (χ4v) is 1.25. The van der Waals surface area contributed by atoms with E-state index in [1.54, 1.807) is 18.2 Å². The second-order valence-electron chi connectivity index (χ2n) is 3.38. The van der Waals surface area contributed by atoms with Crippen molar-refractivity contribution in [2.45, 2.75) is 13.0 Å². The van der Waals surface area contributed by atoms with Gasteiger partial charge in [0.25, 0.3) is 0 Å². The van der Waals surface area contributed by atoms with Gasteiger partial charge in [-0.1, -0.05) is 12.1 Å². The lowest BCUT2D eigenvalue weighted by atomic mass is 10.2. The van der Waals surface area contributed by atoms with Crippen LogP contribution in [0.25, 0.3) is 11.4 Å². The highest BCUT2D eigenvalue weighted by molar-refractivity contribution is 5.56. The Bertz CT molecular complexity index is 464. The quantitative estimate of drug-likeness (QED) is 0.685. The van der Waals surface area contributed by atoms with Crippen molar-refractivity contribution < 1.29 is 5.11 Å². The number of rotatable bonds is 2. The number of phenolic OH excluding ortho intramolecular Hbond substituents is 1. The van der Waals surface area contributed by atoms with Crippen LogP contribution >= 0.6 is 0 Å². The number of nitrogens with one attached hydrogen (secondary N) is 1. The maximum atomic E-state index is 9.30. The molecular weight excluding hydrogens is 192 g/mol. The summed E-state index contributed by atoms with van der Waals surface area (Å²) in [7, 11) is 0. The van der Waals surface area contributed by atoms with Crippen molar-refractivity contribution in [3.05, 3.63) is 30.1 Å². The Hall–Kier alpha value is -1.88. The zero-order valence-electron chi connectivity index (χ0n) is 8.31. The van der Waals surface area contributed by atoms with Crippen LogP contribution in [0.4, 0.5) is 0 Å². The Kier molecular flexibility index (Phi) is 2.39. The van der Waals surface area contributed by atoms with Crippen molar-refractivity contribution in [1.82, 2.24) is 15.2 Å². The monoisotopic (exact) mass is 204 g/mol. The zero-order valence-corrected chi connectivity index (χ0v) is 8.31. The standard InChI is InChI=1S/C10H12N4O/c1-6(11)9-12-10(14-13-9)7-3-2-4-8(15)5-7/h2-6,15H,11H2,1H3,(H,12,13,14). The first-order chi connectivity index (χ1) is 7.16. The minimum absolute atomic E-state index is 0.177. The molecule has 0 saturated heterocycles. The Labute approximate surface area is 87.0 Å². The van der Waals surface area contributed by atoms with Gasteiger partial charge >= 0.3 is 0 Å². The van der Waals surface area contributed by atoms with Crippen LogP contribution in [0, 0.1) is 0 Å². The summed E-state index contributed by atoms with van der Waals surface area (Å²) in [4.78, 5) is 4.22. The smallest absolute Gasteiger partial charge is 0.181 e. The van der Waals surface area contributed by atoms with E-state index >= 15 is 0 Å². The van der Waals surface area contributed by atoms with E-state index in [1.807, 2.05) is 13.0 Å². The van der Waals surface area contributed by atoms with E-state index in [0.29, 0.717) is 11.6 Å². The lowest BCUT2D eigenvalue weighted by Gasteiger charge is -1.97. The van der Waals surface area contributed by atoms with Crippen LogP contribution in [-0.4, -0.2) is 20.3 Å². The fourth-order valence-electron chi connectivity index (χ4n) is 1.25. The number of hydrogen-bond acceptors (Lipinski definition) is 4. The van der Waals surface area contributed by atoms with Crippen molar-refractivity contribution in [2.75, 3.05) is 0 Å². The van der Waals surface area contributed by atoms with E-state index in [-0.39, 0.29) is 11.8 Å². The minimum Gasteiger partial charge on any atom is -0.508 e. The third-order valence-electron chi connectivity index (χ3n) is 2.04. The summed E-state index contributed by atoms with van der Waals surface area (Å²) < 4.78 is 0. The molecule has 78 valence electrons. The third kappa shape index (κ3) is 1.97. The van der Waals surface area contributed by atoms with Gasteiger partial charge in [-0.2, -0.15) is 5.10 Å². The summed E-state index contributed by atoms with van der Waals surface area (Å²) in [6.45, 7) is 1.83. The van der Waals surface area contributed by atoms with Crippen LogP contribution < -0.4 is 5.73 Å². The molecule has 0 aliphatic rings. The number of aromatic hydroxyl groups is 1. The van der Waals surface area contributed by atoms with Crippen LogP contribution in [0.5, 0.6) is 5.75 Å². The molecular formula is C10H12N4O. The molecule has 0 saturated carbocycles. The first-order valence-electron chi connectivity index (χ1n) is 4.64. The molecule has 0 spiro atoms. The van der Waals surface area contributed by atoms with Crippen molar-refractivity contribution in [3.8, 4) is 17.1 Å². The molecule has 1 heterocycles. The third-order valence-corrected chi connectivity index (χ3v) is 2.04. The fraction of sp³-hybridized carbons (Fsp3) is 0.200. The predicted octanol–water partition coefficient (Wildman–Crippen LogP) is 1.20. The van der Waals surface area contributed by atoms with Crippen molar-refractivity contribution >= 4 is 0 Å². The van der Waals surface area contributed by atoms with Gasteiger partial charge in [0.05, 0.1) is 6.04 Å². The molecule has 2 rings (SSSR count). The van der Waals surface area contributed by atoms with Crippen LogP contribution in [0.2, 0.25) is 0 Å². The number of phenols is 1. The molecule has 5 heteroatoms. The summed E-state index contributed by atoms with van der Waals surface area (Å²) in [5.41, 5.74) is 6.41. The van der Waals surface area contributed by atoms with Gasteiger partial charge in [-0.3, -0.25) is 5.10 Å². The molecule has 4 N–H and O–H groups in total. The number of aromatic amines is 1. The molecule has 0 fully saturated rings. The summed E-state index contributed by atoms with van der Waals surface area (Å²) in [6.07, 6.45) is 0. The Morgan fingerprint density at radius 1 is 1.47 bits per heavy atom. The molecule has 0 aliphatic carbocycles. The largest absolute Gasteiger partial charge is 0.508 e. The SMILES string of the molecule is CC(N)c1nc(-c2cccc(O)c2)n[nH]1. The first-order valence-corrected chi connectivity index (χ1v) is 4.64. The van der Waals surface area contributed by atoms with Gasteiger partial charge in [0, 0.05) is 5.56 Å². The molecule has 1 aromatic heterocycles. The van der Waals surface area contributed by atoms with Gasteiger partial charge in [0.1, 0.15) is 11.6 Å². The first kappa shape index (κ1) is 9.67. The predicted molar refractivity (Wildman–Crippen MR) is 56.1 cm³/mol. The summed E-state index contributed by atoms with van der Waals surface area (Å²) >= 11 is 0. The summed E-state index contributed by atoms with van der Waals surface area (Å²) in [5, 5.41) is 16.1. The Balaban J connectivity index is 2.37. The maximum absolute atomic E-state index is 9.30. The highest BCUT2D eigenvalue weighted by atomic mass is 16.3. The molecule has 1 atom stereocenters. The molecule has 1 unspecified atom stereocenters. The van der Waals surface area contributed by atoms with Gasteiger partial charge in [-0.05, 0) is 19.1 Å². The van der Waals surface area contributed by atoms with E-state index in [4.69, 9.17) is 5.73 Å². The molecule has 0 radical (unpaired) electrons.